The van der Waals surface area contributed by atoms with Crippen LogP contribution in [-0.4, -0.2) is 5.78 Å². The summed E-state index contributed by atoms with van der Waals surface area (Å²) in [5.41, 5.74) is 2.15. The highest BCUT2D eigenvalue weighted by Crippen LogP contribution is 2.24. The Hall–Kier alpha value is -1.63. The van der Waals surface area contributed by atoms with E-state index in [1.54, 1.807) is 0 Å². The van der Waals surface area contributed by atoms with Crippen molar-refractivity contribution in [1.29, 1.82) is 0 Å². The molecule has 0 spiro atoms. The first kappa shape index (κ1) is 11.8. The van der Waals surface area contributed by atoms with Gasteiger partial charge < -0.3 is 0 Å². The molecule has 1 unspecified atom stereocenters. The van der Waals surface area contributed by atoms with E-state index in [1.807, 2.05) is 43.4 Å². The highest BCUT2D eigenvalue weighted by Gasteiger charge is 2.21. The zero-order valence-electron chi connectivity index (χ0n) is 10.2. The van der Waals surface area contributed by atoms with Gasteiger partial charge in [0.05, 0.1) is 0 Å². The third-order valence-corrected chi connectivity index (χ3v) is 3.23. The monoisotopic (exact) mass is 226 g/mol. The van der Waals surface area contributed by atoms with E-state index in [0.29, 0.717) is 5.78 Å². The summed E-state index contributed by atoms with van der Waals surface area (Å²) >= 11 is 0. The molecule has 0 radical (unpaired) electrons. The van der Waals surface area contributed by atoms with Crippen LogP contribution in [0.5, 0.6) is 0 Å². The third kappa shape index (κ3) is 3.16. The molecule has 2 rings (SSSR count). The highest BCUT2D eigenvalue weighted by atomic mass is 16.1. The van der Waals surface area contributed by atoms with E-state index in [1.165, 1.54) is 5.56 Å². The minimum Gasteiger partial charge on any atom is -0.294 e. The molecule has 1 aromatic rings. The number of ketones is 1. The number of carbonyl (C=O) groups is 1. The van der Waals surface area contributed by atoms with Gasteiger partial charge in [0.2, 0.25) is 0 Å². The van der Waals surface area contributed by atoms with Gasteiger partial charge in [0.1, 0.15) is 0 Å². The van der Waals surface area contributed by atoms with E-state index in [-0.39, 0.29) is 5.92 Å². The van der Waals surface area contributed by atoms with Gasteiger partial charge in [-0.15, -0.1) is 0 Å². The van der Waals surface area contributed by atoms with Crippen LogP contribution in [0.3, 0.4) is 0 Å². The molecule has 1 aliphatic rings. The van der Waals surface area contributed by atoms with Crippen molar-refractivity contribution in [3.63, 3.8) is 0 Å². The molecule has 0 aromatic heterocycles. The number of hydrogen-bond acceptors (Lipinski definition) is 1. The molecule has 1 fully saturated rings. The summed E-state index contributed by atoms with van der Waals surface area (Å²) in [7, 11) is 0. The lowest BCUT2D eigenvalue weighted by Gasteiger charge is -2.18. The van der Waals surface area contributed by atoms with Crippen molar-refractivity contribution in [3.05, 3.63) is 53.6 Å². The fourth-order valence-corrected chi connectivity index (χ4v) is 2.17. The fourth-order valence-electron chi connectivity index (χ4n) is 2.17. The molecule has 1 aliphatic carbocycles. The van der Waals surface area contributed by atoms with Crippen LogP contribution in [0.2, 0.25) is 0 Å². The maximum absolute atomic E-state index is 11.9. The predicted octanol–water partition coefficient (Wildman–Crippen LogP) is 4.02. The first-order valence-corrected chi connectivity index (χ1v) is 6.24. The molecule has 0 amide bonds. The van der Waals surface area contributed by atoms with Gasteiger partial charge in [0.25, 0.3) is 0 Å². The van der Waals surface area contributed by atoms with E-state index in [4.69, 9.17) is 0 Å². The van der Waals surface area contributed by atoms with E-state index < -0.39 is 0 Å². The van der Waals surface area contributed by atoms with E-state index in [9.17, 15) is 4.79 Å². The molecular formula is C16H18O. The molecule has 0 heterocycles. The van der Waals surface area contributed by atoms with Crippen LogP contribution in [0.15, 0.2) is 48.1 Å². The molecule has 1 aromatic carbocycles. The van der Waals surface area contributed by atoms with Gasteiger partial charge in [-0.25, -0.2) is 0 Å². The summed E-state index contributed by atoms with van der Waals surface area (Å²) in [5, 5.41) is 0. The van der Waals surface area contributed by atoms with Crippen molar-refractivity contribution in [3.8, 4) is 0 Å². The lowest BCUT2D eigenvalue weighted by molar-refractivity contribution is -0.119. The summed E-state index contributed by atoms with van der Waals surface area (Å²) < 4.78 is 0. The molecule has 0 N–H and O–H groups in total. The van der Waals surface area contributed by atoms with E-state index in [2.05, 4.69) is 12.1 Å². The Morgan fingerprint density at radius 1 is 1.24 bits per heavy atom. The normalized spacial score (nSPS) is 23.5. The van der Waals surface area contributed by atoms with E-state index >= 15 is 0 Å². The number of rotatable bonds is 2. The van der Waals surface area contributed by atoms with Gasteiger partial charge in [-0.1, -0.05) is 55.5 Å². The second-order valence-corrected chi connectivity index (χ2v) is 4.62. The van der Waals surface area contributed by atoms with Gasteiger partial charge in [-0.3, -0.25) is 4.79 Å². The first-order valence-electron chi connectivity index (χ1n) is 6.24. The fraction of sp³-hybridized carbons (Fsp3) is 0.312. The highest BCUT2D eigenvalue weighted by molar-refractivity contribution is 5.97. The van der Waals surface area contributed by atoms with Crippen LogP contribution in [-0.2, 0) is 4.79 Å². The maximum atomic E-state index is 11.9. The summed E-state index contributed by atoms with van der Waals surface area (Å²) in [5.74, 6) is 0.536. The van der Waals surface area contributed by atoms with Crippen LogP contribution in [0.25, 0.3) is 6.08 Å². The number of hydrogen-bond donors (Lipinski definition) is 0. The molecule has 1 heteroatoms. The lowest BCUT2D eigenvalue weighted by Crippen LogP contribution is -2.18. The van der Waals surface area contributed by atoms with Crippen LogP contribution in [0.4, 0.5) is 0 Å². The number of allylic oxidation sites excluding steroid dienone is 3. The summed E-state index contributed by atoms with van der Waals surface area (Å²) in [6, 6.07) is 10.1. The van der Waals surface area contributed by atoms with Gasteiger partial charge >= 0.3 is 0 Å². The molecule has 0 saturated heterocycles. The average molecular weight is 226 g/mol. The minimum atomic E-state index is 0.208. The standard InChI is InChI=1S/C16H18O/c1-13-7-5-11-15(16(13)17)12-6-10-14-8-3-2-4-9-14/h2-4,6,8-10,12-13H,5,7,11H2,1H3. The summed E-state index contributed by atoms with van der Waals surface area (Å²) in [6.45, 7) is 2.02. The zero-order chi connectivity index (χ0) is 12.1. The molecule has 0 aliphatic heterocycles. The van der Waals surface area contributed by atoms with Gasteiger partial charge in [0, 0.05) is 5.92 Å². The SMILES string of the molecule is CC1CCCC(=CC=Cc2ccccc2)C1=O. The Morgan fingerprint density at radius 3 is 2.76 bits per heavy atom. The number of benzene rings is 1. The smallest absolute Gasteiger partial charge is 0.161 e. The zero-order valence-corrected chi connectivity index (χ0v) is 10.2. The second-order valence-electron chi connectivity index (χ2n) is 4.62. The lowest BCUT2D eigenvalue weighted by atomic mass is 9.85. The van der Waals surface area contributed by atoms with Crippen molar-refractivity contribution in [2.45, 2.75) is 26.2 Å². The molecule has 1 atom stereocenters. The van der Waals surface area contributed by atoms with E-state index in [0.717, 1.165) is 24.8 Å². The quantitative estimate of drug-likeness (QED) is 0.696. The second kappa shape index (κ2) is 5.62. The van der Waals surface area contributed by atoms with Crippen LogP contribution >= 0.6 is 0 Å². The largest absolute Gasteiger partial charge is 0.294 e. The Labute approximate surface area is 103 Å². The Morgan fingerprint density at radius 2 is 2.00 bits per heavy atom. The Bertz CT molecular complexity index is 440. The van der Waals surface area contributed by atoms with Crippen molar-refractivity contribution in [2.75, 3.05) is 0 Å². The van der Waals surface area contributed by atoms with Crippen molar-refractivity contribution in [2.24, 2.45) is 5.92 Å². The molecule has 17 heavy (non-hydrogen) atoms. The number of carbonyl (C=O) groups excluding carboxylic acids is 1. The summed E-state index contributed by atoms with van der Waals surface area (Å²) in [4.78, 5) is 11.9. The van der Waals surface area contributed by atoms with Crippen LogP contribution in [0.1, 0.15) is 31.7 Å². The minimum absolute atomic E-state index is 0.208. The topological polar surface area (TPSA) is 17.1 Å². The van der Waals surface area contributed by atoms with Crippen molar-refractivity contribution >= 4 is 11.9 Å². The molecular weight excluding hydrogens is 208 g/mol. The molecule has 88 valence electrons. The Balaban J connectivity index is 2.05. The summed E-state index contributed by atoms with van der Waals surface area (Å²) in [6.07, 6.45) is 9.12. The average Bonchev–Trinajstić information content (AvgIpc) is 2.36. The first-order chi connectivity index (χ1) is 8.27. The van der Waals surface area contributed by atoms with Gasteiger partial charge in [-0.05, 0) is 30.4 Å². The molecule has 1 saturated carbocycles. The third-order valence-electron chi connectivity index (χ3n) is 3.23. The van der Waals surface area contributed by atoms with Crippen LogP contribution in [0, 0.1) is 5.92 Å². The van der Waals surface area contributed by atoms with Crippen molar-refractivity contribution in [1.82, 2.24) is 0 Å². The number of Topliss-reactive ketones (excluding diaryl/α,β-unsaturated/α-hetero) is 1. The van der Waals surface area contributed by atoms with Crippen LogP contribution < -0.4 is 0 Å². The van der Waals surface area contributed by atoms with Gasteiger partial charge in [-0.2, -0.15) is 0 Å². The molecule has 0 bridgehead atoms. The van der Waals surface area contributed by atoms with Gasteiger partial charge in [0.15, 0.2) is 5.78 Å². The predicted molar refractivity (Wildman–Crippen MR) is 71.6 cm³/mol. The Kier molecular flexibility index (Phi) is 3.92. The molecule has 1 nitrogen and oxygen atoms in total. The van der Waals surface area contributed by atoms with Crippen molar-refractivity contribution < 1.29 is 4.79 Å². The maximum Gasteiger partial charge on any atom is 0.161 e.